The molecule has 0 bridgehead atoms. The van der Waals surface area contributed by atoms with Crippen LogP contribution in [0.4, 0.5) is 5.95 Å². The largest absolute Gasteiger partial charge is 0.338 e. The van der Waals surface area contributed by atoms with Gasteiger partial charge in [0.2, 0.25) is 5.95 Å². The summed E-state index contributed by atoms with van der Waals surface area (Å²) in [6.45, 7) is 2.51. The molecule has 7 nitrogen and oxygen atoms in total. The first-order chi connectivity index (χ1) is 16.7. The van der Waals surface area contributed by atoms with E-state index >= 15 is 0 Å². The molecule has 3 heterocycles. The van der Waals surface area contributed by atoms with E-state index in [9.17, 15) is 4.79 Å². The Bertz CT molecular complexity index is 1490. The zero-order chi connectivity index (χ0) is 23.1. The van der Waals surface area contributed by atoms with Crippen LogP contribution in [0.2, 0.25) is 5.02 Å². The minimum absolute atomic E-state index is 0.0159. The summed E-state index contributed by atoms with van der Waals surface area (Å²) in [5.74, 6) is 1.56. The van der Waals surface area contributed by atoms with Gasteiger partial charge in [-0.05, 0) is 36.4 Å². The summed E-state index contributed by atoms with van der Waals surface area (Å²) in [5.41, 5.74) is 3.27. The number of aromatic nitrogens is 4. The standard InChI is InChI=1S/C26H21ClN6O/c27-20-12-10-19(11-13-20)25(34)31-14-16-32(17-15-31)26-28-22-9-5-4-8-21(22)24-30-29-23(33(24)26)18-6-2-1-3-7-18/h1-13H,14-17H2. The van der Waals surface area contributed by atoms with Crippen LogP contribution in [0.5, 0.6) is 0 Å². The summed E-state index contributed by atoms with van der Waals surface area (Å²) in [5, 5.41) is 10.6. The summed E-state index contributed by atoms with van der Waals surface area (Å²) in [4.78, 5) is 22.1. The molecule has 0 aliphatic carbocycles. The molecule has 2 aromatic heterocycles. The quantitative estimate of drug-likeness (QED) is 0.388. The fraction of sp³-hybridized carbons (Fsp3) is 0.154. The van der Waals surface area contributed by atoms with Crippen molar-refractivity contribution in [2.24, 2.45) is 0 Å². The average Bonchev–Trinajstić information content (AvgIpc) is 3.35. The lowest BCUT2D eigenvalue weighted by molar-refractivity contribution is 0.0746. The fourth-order valence-electron chi connectivity index (χ4n) is 4.44. The van der Waals surface area contributed by atoms with E-state index in [4.69, 9.17) is 16.6 Å². The van der Waals surface area contributed by atoms with Crippen LogP contribution in [-0.4, -0.2) is 56.6 Å². The average molecular weight is 469 g/mol. The summed E-state index contributed by atoms with van der Waals surface area (Å²) in [6, 6.07) is 25.0. The van der Waals surface area contributed by atoms with Gasteiger partial charge in [0.25, 0.3) is 5.91 Å². The van der Waals surface area contributed by atoms with Crippen molar-refractivity contribution < 1.29 is 4.79 Å². The third-order valence-corrected chi connectivity index (χ3v) is 6.45. The van der Waals surface area contributed by atoms with Gasteiger partial charge in [-0.15, -0.1) is 10.2 Å². The highest BCUT2D eigenvalue weighted by molar-refractivity contribution is 6.30. The van der Waals surface area contributed by atoms with E-state index < -0.39 is 0 Å². The molecule has 1 saturated heterocycles. The normalized spacial score (nSPS) is 14.1. The number of piperazine rings is 1. The van der Waals surface area contributed by atoms with Crippen molar-refractivity contribution >= 4 is 40.0 Å². The van der Waals surface area contributed by atoms with Crippen LogP contribution >= 0.6 is 11.6 Å². The van der Waals surface area contributed by atoms with Crippen LogP contribution in [0.1, 0.15) is 10.4 Å². The van der Waals surface area contributed by atoms with E-state index in [0.29, 0.717) is 36.8 Å². The van der Waals surface area contributed by atoms with Crippen LogP contribution in [0, 0.1) is 0 Å². The van der Waals surface area contributed by atoms with E-state index in [1.807, 2.05) is 63.9 Å². The minimum atomic E-state index is 0.0159. The molecule has 8 heteroatoms. The van der Waals surface area contributed by atoms with Crippen molar-refractivity contribution in [2.45, 2.75) is 0 Å². The molecule has 1 fully saturated rings. The topological polar surface area (TPSA) is 66.6 Å². The van der Waals surface area contributed by atoms with Gasteiger partial charge in [-0.2, -0.15) is 0 Å². The Morgan fingerprint density at radius 3 is 2.26 bits per heavy atom. The Balaban J connectivity index is 1.37. The molecule has 6 rings (SSSR count). The number of carbonyl (C=O) groups is 1. The van der Waals surface area contributed by atoms with Gasteiger partial charge >= 0.3 is 0 Å². The van der Waals surface area contributed by atoms with E-state index in [1.54, 1.807) is 24.3 Å². The van der Waals surface area contributed by atoms with Crippen LogP contribution in [0.3, 0.4) is 0 Å². The van der Waals surface area contributed by atoms with Crippen molar-refractivity contribution in [3.63, 3.8) is 0 Å². The van der Waals surface area contributed by atoms with Gasteiger partial charge in [-0.3, -0.25) is 4.79 Å². The first-order valence-electron chi connectivity index (χ1n) is 11.2. The molecule has 1 amide bonds. The second-order valence-electron chi connectivity index (χ2n) is 8.26. The Morgan fingerprint density at radius 2 is 1.50 bits per heavy atom. The molecule has 5 aromatic rings. The zero-order valence-electron chi connectivity index (χ0n) is 18.3. The summed E-state index contributed by atoms with van der Waals surface area (Å²) in [6.07, 6.45) is 0. The van der Waals surface area contributed by atoms with Crippen molar-refractivity contribution in [1.82, 2.24) is 24.5 Å². The highest BCUT2D eigenvalue weighted by Crippen LogP contribution is 2.29. The molecular formula is C26H21ClN6O. The molecule has 1 aliphatic heterocycles. The van der Waals surface area contributed by atoms with E-state index in [2.05, 4.69) is 15.1 Å². The van der Waals surface area contributed by atoms with Gasteiger partial charge in [0.1, 0.15) is 0 Å². The van der Waals surface area contributed by atoms with Crippen molar-refractivity contribution in [3.8, 4) is 11.4 Å². The molecule has 0 radical (unpaired) electrons. The lowest BCUT2D eigenvalue weighted by atomic mass is 10.2. The number of halogens is 1. The number of anilines is 1. The van der Waals surface area contributed by atoms with Crippen molar-refractivity contribution in [1.29, 1.82) is 0 Å². The second-order valence-corrected chi connectivity index (χ2v) is 8.70. The number of rotatable bonds is 3. The maximum atomic E-state index is 13.0. The summed E-state index contributed by atoms with van der Waals surface area (Å²) >= 11 is 5.97. The van der Waals surface area contributed by atoms with Crippen LogP contribution in [0.15, 0.2) is 78.9 Å². The van der Waals surface area contributed by atoms with Gasteiger partial charge in [0.05, 0.1) is 5.52 Å². The molecule has 1 aliphatic rings. The number of amides is 1. The highest BCUT2D eigenvalue weighted by atomic mass is 35.5. The Hall–Kier alpha value is -3.97. The second kappa shape index (κ2) is 8.43. The maximum absolute atomic E-state index is 13.0. The van der Waals surface area contributed by atoms with E-state index in [-0.39, 0.29) is 5.91 Å². The molecule has 0 atom stereocenters. The Kier molecular flexibility index (Phi) is 5.11. The van der Waals surface area contributed by atoms with Gasteiger partial charge < -0.3 is 9.80 Å². The molecule has 0 saturated carbocycles. The van der Waals surface area contributed by atoms with Crippen LogP contribution < -0.4 is 4.90 Å². The number of hydrogen-bond donors (Lipinski definition) is 0. The van der Waals surface area contributed by atoms with Gasteiger partial charge in [-0.1, -0.05) is 54.1 Å². The van der Waals surface area contributed by atoms with Gasteiger partial charge in [0.15, 0.2) is 11.5 Å². The number of carbonyl (C=O) groups excluding carboxylic acids is 1. The lowest BCUT2D eigenvalue weighted by Gasteiger charge is -2.35. The Labute approximate surface area is 201 Å². The predicted octanol–water partition coefficient (Wildman–Crippen LogP) is 4.56. The zero-order valence-corrected chi connectivity index (χ0v) is 19.1. The summed E-state index contributed by atoms with van der Waals surface area (Å²) < 4.78 is 2.04. The predicted molar refractivity (Wildman–Crippen MR) is 133 cm³/mol. The van der Waals surface area contributed by atoms with Crippen molar-refractivity contribution in [2.75, 3.05) is 31.1 Å². The maximum Gasteiger partial charge on any atom is 0.253 e. The SMILES string of the molecule is O=C(c1ccc(Cl)cc1)N1CCN(c2nc3ccccc3c3nnc(-c4ccccc4)n23)CC1. The molecule has 0 spiro atoms. The molecule has 3 aromatic carbocycles. The van der Waals surface area contributed by atoms with E-state index in [0.717, 1.165) is 33.9 Å². The minimum Gasteiger partial charge on any atom is -0.338 e. The lowest BCUT2D eigenvalue weighted by Crippen LogP contribution is -2.49. The van der Waals surface area contributed by atoms with Crippen LogP contribution in [0.25, 0.3) is 27.9 Å². The number of fused-ring (bicyclic) bond motifs is 3. The Morgan fingerprint density at radius 1 is 0.794 bits per heavy atom. The molecular weight excluding hydrogens is 448 g/mol. The third-order valence-electron chi connectivity index (χ3n) is 6.20. The molecule has 0 N–H and O–H groups in total. The first kappa shape index (κ1) is 20.6. The molecule has 168 valence electrons. The fourth-order valence-corrected chi connectivity index (χ4v) is 4.56. The third kappa shape index (κ3) is 3.54. The molecule has 34 heavy (non-hydrogen) atoms. The van der Waals surface area contributed by atoms with Gasteiger partial charge in [-0.25, -0.2) is 9.38 Å². The number of benzene rings is 3. The number of hydrogen-bond acceptors (Lipinski definition) is 5. The number of nitrogens with zero attached hydrogens (tertiary/aromatic N) is 6. The monoisotopic (exact) mass is 468 g/mol. The molecule has 0 unspecified atom stereocenters. The van der Waals surface area contributed by atoms with Gasteiger partial charge in [0, 0.05) is 47.7 Å². The summed E-state index contributed by atoms with van der Waals surface area (Å²) in [7, 11) is 0. The smallest absolute Gasteiger partial charge is 0.253 e. The number of para-hydroxylation sites is 1. The van der Waals surface area contributed by atoms with Crippen LogP contribution in [-0.2, 0) is 0 Å². The first-order valence-corrected chi connectivity index (χ1v) is 11.6. The highest BCUT2D eigenvalue weighted by Gasteiger charge is 2.26. The van der Waals surface area contributed by atoms with Crippen molar-refractivity contribution in [3.05, 3.63) is 89.4 Å². The van der Waals surface area contributed by atoms with E-state index in [1.165, 1.54) is 0 Å².